The Bertz CT molecular complexity index is 1100. The molecule has 0 bridgehead atoms. The predicted molar refractivity (Wildman–Crippen MR) is 95.7 cm³/mol. The Morgan fingerprint density at radius 3 is 2.88 bits per heavy atom. The lowest BCUT2D eigenvalue weighted by atomic mass is 10.2. The summed E-state index contributed by atoms with van der Waals surface area (Å²) in [6.45, 7) is 4.00. The largest absolute Gasteiger partial charge is 0.462 e. The number of nitrogens with zero attached hydrogens (tertiary/aromatic N) is 3. The first-order valence-electron chi connectivity index (χ1n) is 7.79. The van der Waals surface area contributed by atoms with Gasteiger partial charge in [-0.15, -0.1) is 6.42 Å². The molecule has 0 aliphatic rings. The van der Waals surface area contributed by atoms with E-state index in [1.165, 1.54) is 17.4 Å². The van der Waals surface area contributed by atoms with Crippen molar-refractivity contribution in [3.8, 4) is 12.3 Å². The normalized spacial score (nSPS) is 11.5. The Balaban J connectivity index is 2.10. The summed E-state index contributed by atoms with van der Waals surface area (Å²) in [5.74, 6) is 1.65. The van der Waals surface area contributed by atoms with Crippen LogP contribution in [0.25, 0.3) is 10.2 Å². The van der Waals surface area contributed by atoms with Gasteiger partial charge in [-0.05, 0) is 32.0 Å². The molecule has 0 N–H and O–H groups in total. The minimum atomic E-state index is -0.548. The first kappa shape index (κ1) is 17.6. The molecule has 0 aliphatic heterocycles. The van der Waals surface area contributed by atoms with Crippen LogP contribution in [0.2, 0.25) is 0 Å². The molecular formula is C18H15N3O4S. The van der Waals surface area contributed by atoms with Gasteiger partial charge in [0, 0.05) is 6.07 Å². The second-order valence-corrected chi connectivity index (χ2v) is 6.34. The zero-order valence-electron chi connectivity index (χ0n) is 14.2. The van der Waals surface area contributed by atoms with Gasteiger partial charge in [-0.25, -0.2) is 4.79 Å². The number of terminal acetylenes is 1. The van der Waals surface area contributed by atoms with E-state index >= 15 is 0 Å². The number of amides is 1. The highest BCUT2D eigenvalue weighted by molar-refractivity contribution is 7.16. The van der Waals surface area contributed by atoms with E-state index in [-0.39, 0.29) is 12.3 Å². The molecule has 0 fully saturated rings. The van der Waals surface area contributed by atoms with Crippen LogP contribution in [0.3, 0.4) is 0 Å². The van der Waals surface area contributed by atoms with Crippen molar-refractivity contribution in [2.45, 2.75) is 20.4 Å². The lowest BCUT2D eigenvalue weighted by molar-refractivity contribution is 0.0526. The van der Waals surface area contributed by atoms with Crippen molar-refractivity contribution in [3.63, 3.8) is 0 Å². The molecule has 1 aromatic carbocycles. The fraction of sp³-hybridized carbons (Fsp3) is 0.222. The van der Waals surface area contributed by atoms with Gasteiger partial charge >= 0.3 is 11.9 Å². The van der Waals surface area contributed by atoms with Crippen molar-refractivity contribution in [1.29, 1.82) is 0 Å². The summed E-state index contributed by atoms with van der Waals surface area (Å²) in [6.07, 6.45) is 5.45. The van der Waals surface area contributed by atoms with Crippen LogP contribution in [0.15, 0.2) is 33.8 Å². The van der Waals surface area contributed by atoms with E-state index in [0.29, 0.717) is 22.7 Å². The second-order valence-electron chi connectivity index (χ2n) is 5.33. The van der Waals surface area contributed by atoms with Gasteiger partial charge in [0.2, 0.25) is 5.76 Å². The number of aryl methyl sites for hydroxylation is 1. The Morgan fingerprint density at radius 2 is 2.23 bits per heavy atom. The van der Waals surface area contributed by atoms with Crippen LogP contribution in [-0.2, 0) is 11.3 Å². The van der Waals surface area contributed by atoms with E-state index in [1.807, 2.05) is 0 Å². The summed E-state index contributed by atoms with van der Waals surface area (Å²) in [5, 5.41) is 3.69. The highest BCUT2D eigenvalue weighted by Crippen LogP contribution is 2.20. The maximum atomic E-state index is 12.3. The summed E-state index contributed by atoms with van der Waals surface area (Å²) in [5.41, 5.74) is 1.80. The van der Waals surface area contributed by atoms with Gasteiger partial charge in [-0.1, -0.05) is 22.4 Å². The average Bonchev–Trinajstić information content (AvgIpc) is 3.19. The van der Waals surface area contributed by atoms with Crippen molar-refractivity contribution in [3.05, 3.63) is 46.1 Å². The topological polar surface area (TPSA) is 86.7 Å². The molecule has 8 heteroatoms. The minimum absolute atomic E-state index is 0.0550. The Hall–Kier alpha value is -3.18. The standard InChI is InChI=1S/C18H15N3O4S/c1-4-8-21-13-7-6-12(17(23)24-5-2)10-15(13)26-18(21)19-16(22)14-9-11(3)20-25-14/h1,6-7,9-10H,5,8H2,2-3H3. The zero-order chi connectivity index (χ0) is 18.7. The Morgan fingerprint density at radius 1 is 1.42 bits per heavy atom. The molecule has 3 aromatic rings. The lowest BCUT2D eigenvalue weighted by Gasteiger charge is -2.02. The lowest BCUT2D eigenvalue weighted by Crippen LogP contribution is -2.16. The summed E-state index contributed by atoms with van der Waals surface area (Å²) in [4.78, 5) is 28.7. The summed E-state index contributed by atoms with van der Waals surface area (Å²) in [6, 6.07) is 6.64. The first-order chi connectivity index (χ1) is 12.5. The van der Waals surface area contributed by atoms with Crippen LogP contribution in [0, 0.1) is 19.3 Å². The van der Waals surface area contributed by atoms with Gasteiger partial charge in [0.1, 0.15) is 0 Å². The minimum Gasteiger partial charge on any atom is -0.462 e. The molecule has 7 nitrogen and oxygen atoms in total. The van der Waals surface area contributed by atoms with Gasteiger partial charge in [0.25, 0.3) is 0 Å². The molecule has 0 saturated carbocycles. The number of rotatable bonds is 4. The fourth-order valence-electron chi connectivity index (χ4n) is 2.35. The van der Waals surface area contributed by atoms with Gasteiger partial charge in [0.15, 0.2) is 4.80 Å². The number of hydrogen-bond acceptors (Lipinski definition) is 6. The van der Waals surface area contributed by atoms with Crippen LogP contribution in [0.5, 0.6) is 0 Å². The third kappa shape index (κ3) is 3.43. The quantitative estimate of drug-likeness (QED) is 0.521. The van der Waals surface area contributed by atoms with E-state index in [1.54, 1.807) is 36.6 Å². The SMILES string of the molecule is C#CCn1c(=NC(=O)c2cc(C)no2)sc2cc(C(=O)OCC)ccc21. The first-order valence-corrected chi connectivity index (χ1v) is 8.61. The van der Waals surface area contributed by atoms with E-state index in [2.05, 4.69) is 16.1 Å². The number of hydrogen-bond donors (Lipinski definition) is 0. The fourth-order valence-corrected chi connectivity index (χ4v) is 3.42. The molecule has 26 heavy (non-hydrogen) atoms. The number of carbonyl (C=O) groups excluding carboxylic acids is 2. The average molecular weight is 369 g/mol. The number of benzene rings is 1. The molecule has 0 atom stereocenters. The Labute approximate surface area is 152 Å². The zero-order valence-corrected chi connectivity index (χ0v) is 15.0. The summed E-state index contributed by atoms with van der Waals surface area (Å²) < 4.78 is 12.5. The molecule has 0 aliphatic carbocycles. The second kappa shape index (κ2) is 7.37. The van der Waals surface area contributed by atoms with Crippen LogP contribution < -0.4 is 4.80 Å². The van der Waals surface area contributed by atoms with Gasteiger partial charge in [-0.2, -0.15) is 4.99 Å². The number of ether oxygens (including phenoxy) is 1. The van der Waals surface area contributed by atoms with Crippen molar-refractivity contribution in [1.82, 2.24) is 9.72 Å². The molecular weight excluding hydrogens is 354 g/mol. The van der Waals surface area contributed by atoms with Crippen molar-refractivity contribution in [2.75, 3.05) is 6.61 Å². The third-order valence-electron chi connectivity index (χ3n) is 3.48. The number of esters is 1. The molecule has 2 aromatic heterocycles. The molecule has 2 heterocycles. The molecule has 0 spiro atoms. The van der Waals surface area contributed by atoms with E-state index in [0.717, 1.165) is 10.2 Å². The third-order valence-corrected chi connectivity index (χ3v) is 4.52. The highest BCUT2D eigenvalue weighted by atomic mass is 32.1. The van der Waals surface area contributed by atoms with Crippen molar-refractivity contribution < 1.29 is 18.8 Å². The molecule has 0 saturated heterocycles. The number of fused-ring (bicyclic) bond motifs is 1. The molecule has 132 valence electrons. The molecule has 0 radical (unpaired) electrons. The maximum Gasteiger partial charge on any atom is 0.338 e. The molecule has 0 unspecified atom stereocenters. The molecule has 1 amide bonds. The summed E-state index contributed by atoms with van der Waals surface area (Å²) in [7, 11) is 0. The Kier molecular flexibility index (Phi) is 5.00. The number of thiazole rings is 1. The monoisotopic (exact) mass is 369 g/mol. The smallest absolute Gasteiger partial charge is 0.338 e. The van der Waals surface area contributed by atoms with E-state index in [4.69, 9.17) is 15.7 Å². The molecule has 3 rings (SSSR count). The van der Waals surface area contributed by atoms with Crippen molar-refractivity contribution >= 4 is 33.4 Å². The van der Waals surface area contributed by atoms with Gasteiger partial charge in [0.05, 0.1) is 34.6 Å². The van der Waals surface area contributed by atoms with Crippen molar-refractivity contribution in [2.24, 2.45) is 4.99 Å². The van der Waals surface area contributed by atoms with Crippen LogP contribution in [0.4, 0.5) is 0 Å². The summed E-state index contributed by atoms with van der Waals surface area (Å²) >= 11 is 1.25. The number of aromatic nitrogens is 2. The highest BCUT2D eigenvalue weighted by Gasteiger charge is 2.14. The maximum absolute atomic E-state index is 12.3. The van der Waals surface area contributed by atoms with Crippen LogP contribution in [-0.4, -0.2) is 28.2 Å². The van der Waals surface area contributed by atoms with Gasteiger partial charge in [-0.3, -0.25) is 4.79 Å². The van der Waals surface area contributed by atoms with E-state index in [9.17, 15) is 9.59 Å². The van der Waals surface area contributed by atoms with Gasteiger partial charge < -0.3 is 13.8 Å². The van der Waals surface area contributed by atoms with E-state index < -0.39 is 11.9 Å². The predicted octanol–water partition coefficient (Wildman–Crippen LogP) is 2.55. The van der Waals surface area contributed by atoms with Crippen LogP contribution in [0.1, 0.15) is 33.5 Å². The van der Waals surface area contributed by atoms with Crippen LogP contribution >= 0.6 is 11.3 Å². The number of carbonyl (C=O) groups is 2.